The lowest BCUT2D eigenvalue weighted by Gasteiger charge is -2.32. The SMILES string of the molecule is COc1ccc(C(=O)N2CCC[C@H](COc3cccc(C(=O)NC4CC4)c3)C2)cc1F. The van der Waals surface area contributed by atoms with E-state index >= 15 is 0 Å². The number of likely N-dealkylation sites (tertiary alicyclic amines) is 1. The number of benzene rings is 2. The molecule has 0 aromatic heterocycles. The molecule has 4 rings (SSSR count). The monoisotopic (exact) mass is 426 g/mol. The van der Waals surface area contributed by atoms with Gasteiger partial charge in [-0.05, 0) is 62.1 Å². The molecule has 1 saturated carbocycles. The van der Waals surface area contributed by atoms with Crippen LogP contribution in [0.15, 0.2) is 42.5 Å². The maximum Gasteiger partial charge on any atom is 0.253 e. The van der Waals surface area contributed by atoms with Gasteiger partial charge in [0, 0.05) is 36.2 Å². The fraction of sp³-hybridized carbons (Fsp3) is 0.417. The fourth-order valence-corrected chi connectivity index (χ4v) is 3.81. The van der Waals surface area contributed by atoms with Crippen LogP contribution in [0.5, 0.6) is 11.5 Å². The number of ether oxygens (including phenoxy) is 2. The Balaban J connectivity index is 1.33. The molecule has 164 valence electrons. The Hall–Kier alpha value is -3.09. The summed E-state index contributed by atoms with van der Waals surface area (Å²) in [6.45, 7) is 1.64. The first kappa shape index (κ1) is 21.2. The molecule has 6 nitrogen and oxygen atoms in total. The van der Waals surface area contributed by atoms with Crippen molar-refractivity contribution in [2.75, 3.05) is 26.8 Å². The Morgan fingerprint density at radius 2 is 1.97 bits per heavy atom. The lowest BCUT2D eigenvalue weighted by atomic mass is 9.98. The number of carbonyl (C=O) groups excluding carboxylic acids is 2. The third-order valence-electron chi connectivity index (χ3n) is 5.70. The van der Waals surface area contributed by atoms with Gasteiger partial charge in [-0.3, -0.25) is 9.59 Å². The van der Waals surface area contributed by atoms with Gasteiger partial charge in [-0.15, -0.1) is 0 Å². The van der Waals surface area contributed by atoms with Gasteiger partial charge < -0.3 is 19.7 Å². The molecule has 0 spiro atoms. The molecule has 1 heterocycles. The number of rotatable bonds is 7. The molecule has 7 heteroatoms. The Labute approximate surface area is 181 Å². The van der Waals surface area contributed by atoms with Crippen LogP contribution in [0.2, 0.25) is 0 Å². The highest BCUT2D eigenvalue weighted by atomic mass is 19.1. The summed E-state index contributed by atoms with van der Waals surface area (Å²) in [5.41, 5.74) is 0.903. The van der Waals surface area contributed by atoms with E-state index in [2.05, 4.69) is 5.32 Å². The highest BCUT2D eigenvalue weighted by Crippen LogP contribution is 2.24. The molecule has 2 aliphatic rings. The van der Waals surface area contributed by atoms with Gasteiger partial charge >= 0.3 is 0 Å². The van der Waals surface area contributed by atoms with Gasteiger partial charge in [0.1, 0.15) is 5.75 Å². The molecule has 2 aromatic rings. The zero-order valence-corrected chi connectivity index (χ0v) is 17.6. The topological polar surface area (TPSA) is 67.9 Å². The minimum Gasteiger partial charge on any atom is -0.494 e. The molecule has 1 atom stereocenters. The standard InChI is InChI=1S/C24H27FN2O4/c1-30-22-10-7-18(13-21(22)25)24(29)27-11-3-4-16(14-27)15-31-20-6-2-5-17(12-20)23(28)26-19-8-9-19/h2,5-7,10,12-13,16,19H,3-4,8-9,11,14-15H2,1H3,(H,26,28)/t16-/m0/s1. The average molecular weight is 426 g/mol. The van der Waals surface area contributed by atoms with Crippen molar-refractivity contribution in [3.8, 4) is 11.5 Å². The molecular formula is C24H27FN2O4. The largest absolute Gasteiger partial charge is 0.494 e. The second-order valence-corrected chi connectivity index (χ2v) is 8.20. The third kappa shape index (κ3) is 5.34. The van der Waals surface area contributed by atoms with E-state index < -0.39 is 5.82 Å². The minimum absolute atomic E-state index is 0.0749. The zero-order chi connectivity index (χ0) is 21.8. The Morgan fingerprint density at radius 3 is 2.71 bits per heavy atom. The van der Waals surface area contributed by atoms with E-state index in [0.717, 1.165) is 25.7 Å². The van der Waals surface area contributed by atoms with Crippen LogP contribution in [0.25, 0.3) is 0 Å². The van der Waals surface area contributed by atoms with E-state index in [-0.39, 0.29) is 23.5 Å². The lowest BCUT2D eigenvalue weighted by Crippen LogP contribution is -2.41. The lowest BCUT2D eigenvalue weighted by molar-refractivity contribution is 0.0632. The molecule has 1 N–H and O–H groups in total. The van der Waals surface area contributed by atoms with Gasteiger partial charge in [-0.25, -0.2) is 4.39 Å². The Bertz CT molecular complexity index is 960. The van der Waals surface area contributed by atoms with Crippen molar-refractivity contribution in [2.24, 2.45) is 5.92 Å². The zero-order valence-electron chi connectivity index (χ0n) is 17.6. The number of carbonyl (C=O) groups is 2. The molecule has 0 bridgehead atoms. The van der Waals surface area contributed by atoms with Crippen molar-refractivity contribution in [2.45, 2.75) is 31.7 Å². The van der Waals surface area contributed by atoms with Crippen LogP contribution in [-0.4, -0.2) is 49.6 Å². The van der Waals surface area contributed by atoms with Crippen LogP contribution in [0.4, 0.5) is 4.39 Å². The number of piperidine rings is 1. The number of methoxy groups -OCH3 is 1. The van der Waals surface area contributed by atoms with Gasteiger partial charge in [-0.1, -0.05) is 6.07 Å². The number of nitrogens with one attached hydrogen (secondary N) is 1. The van der Waals surface area contributed by atoms with E-state index in [9.17, 15) is 14.0 Å². The molecule has 1 aliphatic heterocycles. The van der Waals surface area contributed by atoms with Crippen LogP contribution in [0.3, 0.4) is 0 Å². The van der Waals surface area contributed by atoms with Crippen LogP contribution in [-0.2, 0) is 0 Å². The summed E-state index contributed by atoms with van der Waals surface area (Å²) >= 11 is 0. The van der Waals surface area contributed by atoms with E-state index in [1.54, 1.807) is 23.1 Å². The molecule has 0 radical (unpaired) electrons. The van der Waals surface area contributed by atoms with Crippen molar-refractivity contribution in [1.29, 1.82) is 0 Å². The first-order chi connectivity index (χ1) is 15.0. The molecule has 2 fully saturated rings. The predicted molar refractivity (Wildman–Crippen MR) is 114 cm³/mol. The van der Waals surface area contributed by atoms with Gasteiger partial charge in [0.15, 0.2) is 11.6 Å². The molecule has 2 aromatic carbocycles. The second-order valence-electron chi connectivity index (χ2n) is 8.20. The first-order valence-corrected chi connectivity index (χ1v) is 10.7. The molecule has 0 unspecified atom stereocenters. The molecule has 1 aliphatic carbocycles. The normalized spacial score (nSPS) is 18.4. The summed E-state index contributed by atoms with van der Waals surface area (Å²) in [4.78, 5) is 26.8. The highest BCUT2D eigenvalue weighted by molar-refractivity contribution is 5.95. The molecule has 2 amide bonds. The van der Waals surface area contributed by atoms with Gasteiger partial charge in [0.2, 0.25) is 0 Å². The van der Waals surface area contributed by atoms with Crippen LogP contribution < -0.4 is 14.8 Å². The number of hydrogen-bond donors (Lipinski definition) is 1. The summed E-state index contributed by atoms with van der Waals surface area (Å²) in [5, 5.41) is 2.97. The summed E-state index contributed by atoms with van der Waals surface area (Å²) in [7, 11) is 1.39. The van der Waals surface area contributed by atoms with Crippen LogP contribution in [0.1, 0.15) is 46.4 Å². The smallest absolute Gasteiger partial charge is 0.253 e. The number of nitrogens with zero attached hydrogens (tertiary/aromatic N) is 1. The minimum atomic E-state index is -0.546. The van der Waals surface area contributed by atoms with E-state index in [1.165, 1.54) is 19.2 Å². The van der Waals surface area contributed by atoms with Crippen LogP contribution in [0, 0.1) is 11.7 Å². The third-order valence-corrected chi connectivity index (χ3v) is 5.70. The fourth-order valence-electron chi connectivity index (χ4n) is 3.81. The predicted octanol–water partition coefficient (Wildman–Crippen LogP) is 3.66. The van der Waals surface area contributed by atoms with Crippen molar-refractivity contribution in [1.82, 2.24) is 10.2 Å². The van der Waals surface area contributed by atoms with Crippen LogP contribution >= 0.6 is 0 Å². The molecular weight excluding hydrogens is 399 g/mol. The summed E-state index contributed by atoms with van der Waals surface area (Å²) < 4.78 is 24.8. The van der Waals surface area contributed by atoms with Gasteiger partial charge in [0.25, 0.3) is 11.8 Å². The second kappa shape index (κ2) is 9.37. The summed E-state index contributed by atoms with van der Waals surface area (Å²) in [6, 6.07) is 11.8. The van der Waals surface area contributed by atoms with Gasteiger partial charge in [0.05, 0.1) is 13.7 Å². The van der Waals surface area contributed by atoms with E-state index in [1.807, 2.05) is 12.1 Å². The molecule has 31 heavy (non-hydrogen) atoms. The number of halogens is 1. The summed E-state index contributed by atoms with van der Waals surface area (Å²) in [5.74, 6) is 0.123. The van der Waals surface area contributed by atoms with E-state index in [0.29, 0.717) is 42.6 Å². The average Bonchev–Trinajstić information content (AvgIpc) is 3.61. The first-order valence-electron chi connectivity index (χ1n) is 10.7. The number of hydrogen-bond acceptors (Lipinski definition) is 4. The maximum absolute atomic E-state index is 14.0. The maximum atomic E-state index is 14.0. The quantitative estimate of drug-likeness (QED) is 0.734. The summed E-state index contributed by atoms with van der Waals surface area (Å²) in [6.07, 6.45) is 3.90. The number of amides is 2. The Morgan fingerprint density at radius 1 is 1.13 bits per heavy atom. The van der Waals surface area contributed by atoms with Crippen molar-refractivity contribution < 1.29 is 23.5 Å². The molecule has 1 saturated heterocycles. The van der Waals surface area contributed by atoms with Crippen molar-refractivity contribution in [3.05, 3.63) is 59.4 Å². The van der Waals surface area contributed by atoms with Crippen molar-refractivity contribution >= 4 is 11.8 Å². The highest BCUT2D eigenvalue weighted by Gasteiger charge is 2.26. The van der Waals surface area contributed by atoms with Crippen molar-refractivity contribution in [3.63, 3.8) is 0 Å². The van der Waals surface area contributed by atoms with Gasteiger partial charge in [-0.2, -0.15) is 0 Å². The Kier molecular flexibility index (Phi) is 6.39. The van der Waals surface area contributed by atoms with E-state index in [4.69, 9.17) is 9.47 Å².